The van der Waals surface area contributed by atoms with E-state index in [4.69, 9.17) is 11.6 Å². The number of hydrogen-bond acceptors (Lipinski definition) is 1. The standard InChI is InChI=1S/C17H20ClN/c1-11-8-14(10-15(18)9-11)17(19-4)16-7-5-6-12(2)13(16)3/h5-10,17,19H,1-4H3. The van der Waals surface area contributed by atoms with Crippen LogP contribution in [0.2, 0.25) is 5.02 Å². The van der Waals surface area contributed by atoms with Crippen molar-refractivity contribution >= 4 is 11.6 Å². The van der Waals surface area contributed by atoms with Crippen LogP contribution in [0.5, 0.6) is 0 Å². The van der Waals surface area contributed by atoms with Gasteiger partial charge in [-0.3, -0.25) is 0 Å². The highest BCUT2D eigenvalue weighted by atomic mass is 35.5. The second-order valence-corrected chi connectivity index (χ2v) is 5.51. The fourth-order valence-electron chi connectivity index (χ4n) is 2.52. The van der Waals surface area contributed by atoms with Crippen LogP contribution >= 0.6 is 11.6 Å². The van der Waals surface area contributed by atoms with Crippen LogP contribution in [-0.2, 0) is 0 Å². The average molecular weight is 274 g/mol. The first-order valence-corrected chi connectivity index (χ1v) is 6.91. The number of nitrogens with one attached hydrogen (secondary N) is 1. The Morgan fingerprint density at radius 2 is 1.79 bits per heavy atom. The Hall–Kier alpha value is -1.31. The number of aryl methyl sites for hydroxylation is 2. The molecule has 0 aliphatic heterocycles. The van der Waals surface area contributed by atoms with Gasteiger partial charge in [0.15, 0.2) is 0 Å². The highest BCUT2D eigenvalue weighted by molar-refractivity contribution is 6.30. The predicted molar refractivity (Wildman–Crippen MR) is 83.0 cm³/mol. The van der Waals surface area contributed by atoms with E-state index >= 15 is 0 Å². The Kier molecular flexibility index (Phi) is 4.28. The molecule has 0 fully saturated rings. The Morgan fingerprint density at radius 1 is 1.05 bits per heavy atom. The maximum Gasteiger partial charge on any atom is 0.0577 e. The molecular weight excluding hydrogens is 254 g/mol. The minimum Gasteiger partial charge on any atom is -0.309 e. The first kappa shape index (κ1) is 14.1. The predicted octanol–water partition coefficient (Wildman–Crippen LogP) is 4.57. The Morgan fingerprint density at radius 3 is 2.42 bits per heavy atom. The zero-order valence-corrected chi connectivity index (χ0v) is 12.7. The van der Waals surface area contributed by atoms with Crippen molar-refractivity contribution in [3.63, 3.8) is 0 Å². The molecule has 1 atom stereocenters. The lowest BCUT2D eigenvalue weighted by atomic mass is 9.92. The van der Waals surface area contributed by atoms with Crippen LogP contribution in [0.15, 0.2) is 36.4 Å². The summed E-state index contributed by atoms with van der Waals surface area (Å²) in [7, 11) is 1.99. The fraction of sp³-hybridized carbons (Fsp3) is 0.294. The summed E-state index contributed by atoms with van der Waals surface area (Å²) in [5, 5.41) is 4.19. The molecule has 0 saturated heterocycles. The third-order valence-electron chi connectivity index (χ3n) is 3.64. The van der Waals surface area contributed by atoms with Crippen molar-refractivity contribution < 1.29 is 0 Å². The van der Waals surface area contributed by atoms with Gasteiger partial charge in [0.2, 0.25) is 0 Å². The molecule has 1 unspecified atom stereocenters. The molecule has 0 aromatic heterocycles. The molecule has 2 aromatic carbocycles. The summed E-state index contributed by atoms with van der Waals surface area (Å²) in [5.41, 5.74) is 6.36. The van der Waals surface area contributed by atoms with Gasteiger partial charge in [-0.25, -0.2) is 0 Å². The second kappa shape index (κ2) is 5.77. The van der Waals surface area contributed by atoms with Gasteiger partial charge in [0.25, 0.3) is 0 Å². The van der Waals surface area contributed by atoms with Crippen LogP contribution in [-0.4, -0.2) is 7.05 Å². The van der Waals surface area contributed by atoms with E-state index in [1.165, 1.54) is 27.8 Å². The lowest BCUT2D eigenvalue weighted by Gasteiger charge is -2.21. The smallest absolute Gasteiger partial charge is 0.0577 e. The van der Waals surface area contributed by atoms with Crippen molar-refractivity contribution in [3.05, 3.63) is 69.2 Å². The van der Waals surface area contributed by atoms with Gasteiger partial charge in [-0.1, -0.05) is 35.9 Å². The van der Waals surface area contributed by atoms with Gasteiger partial charge in [0, 0.05) is 5.02 Å². The summed E-state index contributed by atoms with van der Waals surface area (Å²) in [5.74, 6) is 0. The van der Waals surface area contributed by atoms with Crippen molar-refractivity contribution in [2.45, 2.75) is 26.8 Å². The monoisotopic (exact) mass is 273 g/mol. The first-order chi connectivity index (χ1) is 9.02. The molecule has 100 valence electrons. The maximum atomic E-state index is 6.18. The molecule has 0 spiro atoms. The molecule has 0 amide bonds. The molecule has 1 N–H and O–H groups in total. The van der Waals surface area contributed by atoms with Crippen molar-refractivity contribution in [2.24, 2.45) is 0 Å². The summed E-state index contributed by atoms with van der Waals surface area (Å²) in [4.78, 5) is 0. The van der Waals surface area contributed by atoms with E-state index in [0.717, 1.165) is 5.02 Å². The minimum atomic E-state index is 0.178. The highest BCUT2D eigenvalue weighted by Gasteiger charge is 2.15. The van der Waals surface area contributed by atoms with Gasteiger partial charge in [0.1, 0.15) is 0 Å². The molecule has 2 heteroatoms. The zero-order valence-electron chi connectivity index (χ0n) is 11.9. The van der Waals surface area contributed by atoms with E-state index in [1.54, 1.807) is 0 Å². The maximum absolute atomic E-state index is 6.18. The number of halogens is 1. The molecule has 1 nitrogen and oxygen atoms in total. The minimum absolute atomic E-state index is 0.178. The van der Waals surface area contributed by atoms with E-state index in [0.29, 0.717) is 0 Å². The third-order valence-corrected chi connectivity index (χ3v) is 3.86. The topological polar surface area (TPSA) is 12.0 Å². The fourth-order valence-corrected chi connectivity index (χ4v) is 2.82. The zero-order chi connectivity index (χ0) is 14.0. The van der Waals surface area contributed by atoms with Gasteiger partial charge in [-0.05, 0) is 67.8 Å². The summed E-state index contributed by atoms with van der Waals surface area (Å²) < 4.78 is 0. The van der Waals surface area contributed by atoms with E-state index in [2.05, 4.69) is 50.4 Å². The second-order valence-electron chi connectivity index (χ2n) is 5.07. The van der Waals surface area contributed by atoms with E-state index in [-0.39, 0.29) is 6.04 Å². The van der Waals surface area contributed by atoms with Gasteiger partial charge in [0.05, 0.1) is 6.04 Å². The number of hydrogen-bond donors (Lipinski definition) is 1. The molecule has 2 rings (SSSR count). The van der Waals surface area contributed by atoms with E-state index in [1.807, 2.05) is 19.2 Å². The Bertz CT molecular complexity index is 570. The summed E-state index contributed by atoms with van der Waals surface area (Å²) >= 11 is 6.18. The normalized spacial score (nSPS) is 12.5. The molecule has 2 aromatic rings. The van der Waals surface area contributed by atoms with Crippen LogP contribution in [0, 0.1) is 20.8 Å². The molecule has 19 heavy (non-hydrogen) atoms. The summed E-state index contributed by atoms with van der Waals surface area (Å²) in [6.45, 7) is 6.40. The largest absolute Gasteiger partial charge is 0.309 e. The van der Waals surface area contributed by atoms with E-state index in [9.17, 15) is 0 Å². The van der Waals surface area contributed by atoms with Crippen molar-refractivity contribution in [3.8, 4) is 0 Å². The van der Waals surface area contributed by atoms with Gasteiger partial charge in [-0.15, -0.1) is 0 Å². The van der Waals surface area contributed by atoms with Crippen molar-refractivity contribution in [1.82, 2.24) is 5.32 Å². The lowest BCUT2D eigenvalue weighted by molar-refractivity contribution is 0.686. The van der Waals surface area contributed by atoms with Gasteiger partial charge in [-0.2, -0.15) is 0 Å². The third kappa shape index (κ3) is 2.99. The Labute approximate surface area is 120 Å². The summed E-state index contributed by atoms with van der Waals surface area (Å²) in [6.07, 6.45) is 0. The highest BCUT2D eigenvalue weighted by Crippen LogP contribution is 2.28. The van der Waals surface area contributed by atoms with Crippen LogP contribution in [0.3, 0.4) is 0 Å². The molecule has 0 heterocycles. The number of rotatable bonds is 3. The van der Waals surface area contributed by atoms with Crippen LogP contribution in [0.4, 0.5) is 0 Å². The first-order valence-electron chi connectivity index (χ1n) is 6.53. The molecule has 0 aliphatic carbocycles. The summed E-state index contributed by atoms with van der Waals surface area (Å²) in [6, 6.07) is 12.8. The van der Waals surface area contributed by atoms with E-state index < -0.39 is 0 Å². The van der Waals surface area contributed by atoms with Gasteiger partial charge < -0.3 is 5.32 Å². The lowest BCUT2D eigenvalue weighted by Crippen LogP contribution is -2.19. The van der Waals surface area contributed by atoms with Crippen LogP contribution in [0.1, 0.15) is 33.9 Å². The SMILES string of the molecule is CNC(c1cc(C)cc(Cl)c1)c1cccc(C)c1C. The molecule has 0 aliphatic rings. The van der Waals surface area contributed by atoms with Crippen LogP contribution in [0.25, 0.3) is 0 Å². The Balaban J connectivity index is 2.53. The van der Waals surface area contributed by atoms with Gasteiger partial charge >= 0.3 is 0 Å². The van der Waals surface area contributed by atoms with Crippen molar-refractivity contribution in [2.75, 3.05) is 7.05 Å². The average Bonchev–Trinajstić information content (AvgIpc) is 2.34. The molecule has 0 radical (unpaired) electrons. The molecule has 0 saturated carbocycles. The molecular formula is C17H20ClN. The van der Waals surface area contributed by atoms with Crippen LogP contribution < -0.4 is 5.32 Å². The quantitative estimate of drug-likeness (QED) is 0.863. The number of benzene rings is 2. The molecule has 0 bridgehead atoms. The van der Waals surface area contributed by atoms with Crippen molar-refractivity contribution in [1.29, 1.82) is 0 Å².